The molecule has 224 valence electrons. The number of nitrogens with one attached hydrogen (secondary N) is 1. The van der Waals surface area contributed by atoms with Crippen molar-refractivity contribution in [3.05, 3.63) is 130 Å². The fourth-order valence-corrected chi connectivity index (χ4v) is 9.65. The Bertz CT molecular complexity index is 1930. The maximum absolute atomic E-state index is 15.4. The van der Waals surface area contributed by atoms with Crippen LogP contribution in [0.5, 0.6) is 0 Å². The highest BCUT2D eigenvalue weighted by molar-refractivity contribution is 7.13. The van der Waals surface area contributed by atoms with Crippen LogP contribution in [0.25, 0.3) is 27.0 Å². The third-order valence-electron chi connectivity index (χ3n) is 10.00. The maximum Gasteiger partial charge on any atom is 0.250 e. The van der Waals surface area contributed by atoms with Crippen molar-refractivity contribution >= 4 is 46.1 Å². The third-order valence-corrected chi connectivity index (χ3v) is 11.8. The van der Waals surface area contributed by atoms with Crippen molar-refractivity contribution in [2.45, 2.75) is 11.5 Å². The maximum atomic E-state index is 15.4. The van der Waals surface area contributed by atoms with Gasteiger partial charge < -0.3 is 10.2 Å². The van der Waals surface area contributed by atoms with Gasteiger partial charge in [-0.2, -0.15) is 0 Å². The lowest BCUT2D eigenvalue weighted by Crippen LogP contribution is -2.65. The Morgan fingerprint density at radius 2 is 1.44 bits per heavy atom. The summed E-state index contributed by atoms with van der Waals surface area (Å²) in [5.74, 6) is -0.254. The van der Waals surface area contributed by atoms with Gasteiger partial charge in [0.1, 0.15) is 5.54 Å². The number of carbonyl (C=O) groups is 2. The first-order valence-corrected chi connectivity index (χ1v) is 17.0. The largest absolute Gasteiger partial charge is 0.324 e. The number of amides is 1. The van der Waals surface area contributed by atoms with Crippen LogP contribution in [0.2, 0.25) is 0 Å². The Balaban J connectivity index is 1.28. The second-order valence-corrected chi connectivity index (χ2v) is 14.4. The van der Waals surface area contributed by atoms with Gasteiger partial charge in [-0.25, -0.2) is 0 Å². The smallest absolute Gasteiger partial charge is 0.250 e. The van der Waals surface area contributed by atoms with Crippen molar-refractivity contribution < 1.29 is 9.59 Å². The molecule has 0 radical (unpaired) electrons. The molecular weight excluding hydrogens is 595 g/mol. The molecule has 0 bridgehead atoms. The first-order chi connectivity index (χ1) is 21.9. The first-order valence-electron chi connectivity index (χ1n) is 15.3. The van der Waals surface area contributed by atoms with Crippen LogP contribution in [0.1, 0.15) is 22.6 Å². The highest BCUT2D eigenvalue weighted by Gasteiger charge is 2.74. The van der Waals surface area contributed by atoms with Gasteiger partial charge in [0.05, 0.1) is 5.41 Å². The van der Waals surface area contributed by atoms with Gasteiger partial charge in [0.15, 0.2) is 5.78 Å². The number of hydrogen-bond acceptors (Lipinski definition) is 6. The zero-order valence-electron chi connectivity index (χ0n) is 25.2. The van der Waals surface area contributed by atoms with Gasteiger partial charge in [-0.05, 0) is 71.4 Å². The summed E-state index contributed by atoms with van der Waals surface area (Å²) in [7, 11) is 4.08. The predicted octanol–water partition coefficient (Wildman–Crippen LogP) is 7.60. The molecule has 7 heteroatoms. The van der Waals surface area contributed by atoms with E-state index < -0.39 is 11.0 Å². The fraction of sp³-hybridized carbons (Fsp3) is 0.211. The van der Waals surface area contributed by atoms with Gasteiger partial charge in [-0.1, -0.05) is 78.9 Å². The molecule has 2 saturated heterocycles. The third kappa shape index (κ3) is 4.18. The molecule has 2 fully saturated rings. The molecule has 3 aliphatic rings. The number of hydrogen-bond donors (Lipinski definition) is 1. The molecule has 3 atom stereocenters. The quantitative estimate of drug-likeness (QED) is 0.209. The molecule has 0 unspecified atom stereocenters. The summed E-state index contributed by atoms with van der Waals surface area (Å²) < 4.78 is 0. The average molecular weight is 628 g/mol. The SMILES string of the molecule is CN1C/C(=C\c2ccc(-c3cccs3)cc2)C(=O)[C@]2(C1)[C@@H](c1ccc(-c3cccs3)cc1)CN(C)[C@@]21C(=O)Nc2ccccc21. The molecular formula is C38H33N3O2S2. The van der Waals surface area contributed by atoms with Crippen molar-refractivity contribution in [1.82, 2.24) is 9.80 Å². The second kappa shape index (κ2) is 10.7. The number of likely N-dealkylation sites (tertiary alicyclic amines) is 2. The minimum absolute atomic E-state index is 0.0615. The van der Waals surface area contributed by atoms with Crippen LogP contribution >= 0.6 is 22.7 Å². The number of rotatable bonds is 4. The standard InChI is InChI=1S/C38H33N3O2S2/c1-40-22-29(21-25-11-13-27(14-12-25)33-9-5-19-44-33)35(42)37(24-40)31(26-15-17-28(18-16-26)34-10-6-20-45-34)23-41(2)38(37)30-7-3-4-8-32(30)39-36(38)43/h3-21,31H,22-24H2,1-2H3,(H,39,43)/b29-21+/t31-,37+,38+/m1/s1. The summed E-state index contributed by atoms with van der Waals surface area (Å²) in [6, 6.07) is 33.4. The van der Waals surface area contributed by atoms with Gasteiger partial charge in [0.2, 0.25) is 0 Å². The van der Waals surface area contributed by atoms with Crippen LogP contribution in [-0.4, -0.2) is 55.2 Å². The summed E-state index contributed by atoms with van der Waals surface area (Å²) in [6.07, 6.45) is 2.04. The molecule has 5 heterocycles. The number of ketones is 1. The number of nitrogens with zero attached hydrogens (tertiary/aromatic N) is 2. The van der Waals surface area contributed by atoms with Crippen molar-refractivity contribution in [2.75, 3.05) is 39.0 Å². The number of carbonyl (C=O) groups excluding carboxylic acids is 2. The molecule has 45 heavy (non-hydrogen) atoms. The van der Waals surface area contributed by atoms with Gasteiger partial charge in [0.25, 0.3) is 5.91 Å². The summed E-state index contributed by atoms with van der Waals surface area (Å²) in [5.41, 5.74) is 4.62. The molecule has 8 rings (SSSR count). The van der Waals surface area contributed by atoms with Gasteiger partial charge in [-0.3, -0.25) is 14.5 Å². The number of para-hydroxylation sites is 1. The van der Waals surface area contributed by atoms with E-state index in [0.29, 0.717) is 19.6 Å². The number of likely N-dealkylation sites (N-methyl/N-ethyl adjacent to an activating group) is 2. The number of anilines is 1. The number of benzene rings is 3. The summed E-state index contributed by atoms with van der Waals surface area (Å²) in [4.78, 5) is 36.6. The zero-order valence-corrected chi connectivity index (χ0v) is 26.8. The van der Waals surface area contributed by atoms with Gasteiger partial charge >= 0.3 is 0 Å². The molecule has 1 amide bonds. The van der Waals surface area contributed by atoms with Crippen molar-refractivity contribution in [3.63, 3.8) is 0 Å². The number of piperidine rings is 1. The molecule has 5 aromatic rings. The molecule has 0 saturated carbocycles. The highest BCUT2D eigenvalue weighted by atomic mass is 32.1. The van der Waals surface area contributed by atoms with Crippen LogP contribution in [0.4, 0.5) is 5.69 Å². The van der Waals surface area contributed by atoms with Crippen LogP contribution in [0.15, 0.2) is 113 Å². The topological polar surface area (TPSA) is 52.7 Å². The lowest BCUT2D eigenvalue weighted by atomic mass is 9.56. The molecule has 2 spiro atoms. The Labute approximate surface area is 271 Å². The zero-order chi connectivity index (χ0) is 30.8. The normalized spacial score (nSPS) is 25.8. The molecule has 1 N–H and O–H groups in total. The fourth-order valence-electron chi connectivity index (χ4n) is 8.18. The lowest BCUT2D eigenvalue weighted by molar-refractivity contribution is -0.146. The van der Waals surface area contributed by atoms with Crippen LogP contribution in [0.3, 0.4) is 0 Å². The molecule has 3 aromatic carbocycles. The second-order valence-electron chi connectivity index (χ2n) is 12.5. The Kier molecular flexibility index (Phi) is 6.76. The highest BCUT2D eigenvalue weighted by Crippen LogP contribution is 2.64. The average Bonchev–Trinajstić information content (AvgIpc) is 3.86. The van der Waals surface area contributed by atoms with E-state index in [0.717, 1.165) is 39.1 Å². The lowest BCUT2D eigenvalue weighted by Gasteiger charge is -2.50. The van der Waals surface area contributed by atoms with Crippen molar-refractivity contribution in [1.29, 1.82) is 0 Å². The summed E-state index contributed by atoms with van der Waals surface area (Å²) in [6.45, 7) is 1.59. The minimum Gasteiger partial charge on any atom is -0.324 e. The minimum atomic E-state index is -1.14. The Morgan fingerprint density at radius 1 is 0.800 bits per heavy atom. The number of fused-ring (bicyclic) bond motifs is 3. The monoisotopic (exact) mass is 627 g/mol. The van der Waals surface area contributed by atoms with Crippen LogP contribution in [0, 0.1) is 5.41 Å². The van der Waals surface area contributed by atoms with Crippen molar-refractivity contribution in [3.8, 4) is 20.9 Å². The van der Waals surface area contributed by atoms with E-state index in [4.69, 9.17) is 0 Å². The molecule has 5 nitrogen and oxygen atoms in total. The van der Waals surface area contributed by atoms with E-state index in [1.54, 1.807) is 22.7 Å². The molecule has 0 aliphatic carbocycles. The Hall–Kier alpha value is -4.14. The predicted molar refractivity (Wildman–Crippen MR) is 185 cm³/mol. The first kappa shape index (κ1) is 28.3. The van der Waals surface area contributed by atoms with E-state index >= 15 is 4.79 Å². The van der Waals surface area contributed by atoms with Crippen LogP contribution < -0.4 is 5.32 Å². The van der Waals surface area contributed by atoms with E-state index in [1.165, 1.54) is 9.75 Å². The van der Waals surface area contributed by atoms with E-state index in [9.17, 15) is 4.79 Å². The van der Waals surface area contributed by atoms with E-state index in [2.05, 4.69) is 106 Å². The van der Waals surface area contributed by atoms with Gasteiger partial charge in [-0.15, -0.1) is 22.7 Å². The van der Waals surface area contributed by atoms with E-state index in [-0.39, 0.29) is 17.6 Å². The van der Waals surface area contributed by atoms with Crippen molar-refractivity contribution in [2.24, 2.45) is 5.41 Å². The Morgan fingerprint density at radius 3 is 2.09 bits per heavy atom. The number of thiophene rings is 2. The molecule has 2 aromatic heterocycles. The van der Waals surface area contributed by atoms with Gasteiger partial charge in [0, 0.05) is 52.1 Å². The summed E-state index contributed by atoms with van der Waals surface area (Å²) in [5, 5.41) is 7.35. The molecule has 3 aliphatic heterocycles. The summed E-state index contributed by atoms with van der Waals surface area (Å²) >= 11 is 3.43. The van der Waals surface area contributed by atoms with Crippen LogP contribution in [-0.2, 0) is 15.1 Å². The van der Waals surface area contributed by atoms with E-state index in [1.807, 2.05) is 37.4 Å². The number of Topliss-reactive ketones (excluding diaryl/α,β-unsaturated/α-hetero) is 1.